The monoisotopic (exact) mass is 298 g/mol. The molecule has 1 aromatic heterocycles. The zero-order valence-electron chi connectivity index (χ0n) is 12.6. The van der Waals surface area contributed by atoms with Crippen LogP contribution in [0.25, 0.3) is 0 Å². The molecule has 1 heterocycles. The zero-order chi connectivity index (χ0) is 15.5. The van der Waals surface area contributed by atoms with Crippen LogP contribution >= 0.6 is 11.3 Å². The average molecular weight is 298 g/mol. The summed E-state index contributed by atoms with van der Waals surface area (Å²) >= 11 is 1.38. The fraction of sp³-hybridized carbons (Fsp3) is 0.571. The molecule has 5 nitrogen and oxygen atoms in total. The molecule has 0 aliphatic heterocycles. The third kappa shape index (κ3) is 4.31. The second kappa shape index (κ2) is 6.37. The van der Waals surface area contributed by atoms with Crippen LogP contribution in [0.2, 0.25) is 0 Å². The molecule has 1 amide bonds. The first-order chi connectivity index (χ1) is 9.15. The molecular weight excluding hydrogens is 276 g/mol. The van der Waals surface area contributed by atoms with Gasteiger partial charge < -0.3 is 15.8 Å². The number of aryl methyl sites for hydroxylation is 1. The lowest BCUT2D eigenvalue weighted by Gasteiger charge is -2.17. The lowest BCUT2D eigenvalue weighted by molar-refractivity contribution is -0.116. The van der Waals surface area contributed by atoms with Crippen molar-refractivity contribution in [1.82, 2.24) is 0 Å². The van der Waals surface area contributed by atoms with Gasteiger partial charge in [-0.1, -0.05) is 0 Å². The van der Waals surface area contributed by atoms with E-state index in [1.807, 2.05) is 27.7 Å². The molecule has 0 atom stereocenters. The van der Waals surface area contributed by atoms with Crippen molar-refractivity contribution in [2.75, 3.05) is 12.4 Å². The van der Waals surface area contributed by atoms with E-state index >= 15 is 0 Å². The Labute approximate surface area is 123 Å². The zero-order valence-corrected chi connectivity index (χ0v) is 13.4. The van der Waals surface area contributed by atoms with Crippen LogP contribution in [0.1, 0.15) is 47.5 Å². The minimum Gasteiger partial charge on any atom is -0.465 e. The molecule has 0 fully saturated rings. The Balaban J connectivity index is 2.85. The third-order valence-electron chi connectivity index (χ3n) is 3.02. The molecule has 0 aliphatic rings. The standard InChI is InChI=1S/C14H22N2O3S/c1-8-9(2)20-12(11(8)13(18)19-5)16-10(17)6-7-14(3,4)15/h6-7,15H2,1-5H3,(H,16,17). The lowest BCUT2D eigenvalue weighted by Crippen LogP contribution is -2.33. The summed E-state index contributed by atoms with van der Waals surface area (Å²) in [4.78, 5) is 24.7. The summed E-state index contributed by atoms with van der Waals surface area (Å²) in [7, 11) is 1.33. The molecule has 0 radical (unpaired) electrons. The van der Waals surface area contributed by atoms with Gasteiger partial charge in [-0.15, -0.1) is 11.3 Å². The van der Waals surface area contributed by atoms with Crippen LogP contribution in [0.5, 0.6) is 0 Å². The number of hydrogen-bond donors (Lipinski definition) is 2. The first-order valence-electron chi connectivity index (χ1n) is 6.42. The molecule has 20 heavy (non-hydrogen) atoms. The maximum atomic E-state index is 11.9. The van der Waals surface area contributed by atoms with Crippen molar-refractivity contribution in [3.63, 3.8) is 0 Å². The molecule has 0 saturated heterocycles. The van der Waals surface area contributed by atoms with Crippen molar-refractivity contribution in [3.8, 4) is 0 Å². The molecule has 112 valence electrons. The van der Waals surface area contributed by atoms with Gasteiger partial charge in [-0.2, -0.15) is 0 Å². The Morgan fingerprint density at radius 3 is 2.45 bits per heavy atom. The Morgan fingerprint density at radius 1 is 1.35 bits per heavy atom. The second-order valence-electron chi connectivity index (χ2n) is 5.52. The molecular formula is C14H22N2O3S. The lowest BCUT2D eigenvalue weighted by atomic mass is 10.00. The fourth-order valence-corrected chi connectivity index (χ4v) is 2.75. The summed E-state index contributed by atoms with van der Waals surface area (Å²) < 4.78 is 4.76. The highest BCUT2D eigenvalue weighted by atomic mass is 32.1. The summed E-state index contributed by atoms with van der Waals surface area (Å²) in [5.41, 5.74) is 6.75. The number of amides is 1. The number of ether oxygens (including phenoxy) is 1. The van der Waals surface area contributed by atoms with Gasteiger partial charge in [0.15, 0.2) is 0 Å². The van der Waals surface area contributed by atoms with Crippen molar-refractivity contribution in [2.45, 2.75) is 46.1 Å². The van der Waals surface area contributed by atoms with Crippen molar-refractivity contribution in [3.05, 3.63) is 16.0 Å². The third-order valence-corrected chi connectivity index (χ3v) is 4.15. The van der Waals surface area contributed by atoms with Gasteiger partial charge in [-0.3, -0.25) is 4.79 Å². The SMILES string of the molecule is COC(=O)c1c(NC(=O)CCC(C)(C)N)sc(C)c1C. The highest BCUT2D eigenvalue weighted by Gasteiger charge is 2.22. The number of thiophene rings is 1. The maximum absolute atomic E-state index is 11.9. The Hall–Kier alpha value is -1.40. The molecule has 0 aliphatic carbocycles. The second-order valence-corrected chi connectivity index (χ2v) is 6.74. The Kier molecular flexibility index (Phi) is 5.30. The van der Waals surface area contributed by atoms with Gasteiger partial charge in [0.1, 0.15) is 5.00 Å². The van der Waals surface area contributed by atoms with Crippen LogP contribution in [0, 0.1) is 13.8 Å². The largest absolute Gasteiger partial charge is 0.465 e. The molecule has 6 heteroatoms. The topological polar surface area (TPSA) is 81.4 Å². The quantitative estimate of drug-likeness (QED) is 0.819. The molecule has 3 N–H and O–H groups in total. The highest BCUT2D eigenvalue weighted by molar-refractivity contribution is 7.16. The van der Waals surface area contributed by atoms with Crippen LogP contribution in [-0.4, -0.2) is 24.5 Å². The molecule has 1 rings (SSSR count). The van der Waals surface area contributed by atoms with Crippen molar-refractivity contribution < 1.29 is 14.3 Å². The number of carbonyl (C=O) groups excluding carboxylic acids is 2. The summed E-state index contributed by atoms with van der Waals surface area (Å²) in [5.74, 6) is -0.573. The molecule has 0 aromatic carbocycles. The number of hydrogen-bond acceptors (Lipinski definition) is 5. The molecule has 1 aromatic rings. The van der Waals surface area contributed by atoms with Gasteiger partial charge in [0.25, 0.3) is 0 Å². The molecule has 0 saturated carbocycles. The number of methoxy groups -OCH3 is 1. The van der Waals surface area contributed by atoms with E-state index in [0.717, 1.165) is 10.4 Å². The van der Waals surface area contributed by atoms with Gasteiger partial charge in [-0.25, -0.2) is 4.79 Å². The number of nitrogens with one attached hydrogen (secondary N) is 1. The smallest absolute Gasteiger partial charge is 0.341 e. The summed E-state index contributed by atoms with van der Waals surface area (Å²) in [6, 6.07) is 0. The van der Waals surface area contributed by atoms with Crippen molar-refractivity contribution in [2.24, 2.45) is 5.73 Å². The average Bonchev–Trinajstić information content (AvgIpc) is 2.61. The summed E-state index contributed by atoms with van der Waals surface area (Å²) in [6.07, 6.45) is 0.899. The maximum Gasteiger partial charge on any atom is 0.341 e. The predicted molar refractivity (Wildman–Crippen MR) is 81.3 cm³/mol. The van der Waals surface area contributed by atoms with E-state index < -0.39 is 5.97 Å². The van der Waals surface area contributed by atoms with Gasteiger partial charge in [0.2, 0.25) is 5.91 Å². The van der Waals surface area contributed by atoms with Gasteiger partial charge >= 0.3 is 5.97 Å². The number of anilines is 1. The van der Waals surface area contributed by atoms with Gasteiger partial charge in [0.05, 0.1) is 12.7 Å². The highest BCUT2D eigenvalue weighted by Crippen LogP contribution is 2.33. The van der Waals surface area contributed by atoms with E-state index in [2.05, 4.69) is 5.32 Å². The molecule has 0 bridgehead atoms. The number of nitrogens with two attached hydrogens (primary N) is 1. The number of carbonyl (C=O) groups is 2. The first-order valence-corrected chi connectivity index (χ1v) is 7.24. The van der Waals surface area contributed by atoms with E-state index in [4.69, 9.17) is 10.5 Å². The van der Waals surface area contributed by atoms with Gasteiger partial charge in [0, 0.05) is 16.8 Å². The van der Waals surface area contributed by atoms with Crippen LogP contribution in [0.15, 0.2) is 0 Å². The van der Waals surface area contributed by atoms with Crippen molar-refractivity contribution in [1.29, 1.82) is 0 Å². The predicted octanol–water partition coefficient (Wildman–Crippen LogP) is 2.61. The number of esters is 1. The van der Waals surface area contributed by atoms with E-state index in [0.29, 0.717) is 23.4 Å². The van der Waals surface area contributed by atoms with Crippen LogP contribution in [0.4, 0.5) is 5.00 Å². The van der Waals surface area contributed by atoms with Gasteiger partial charge in [-0.05, 0) is 39.7 Å². The fourth-order valence-electron chi connectivity index (χ4n) is 1.69. The van der Waals surface area contributed by atoms with Crippen LogP contribution < -0.4 is 11.1 Å². The van der Waals surface area contributed by atoms with E-state index in [1.165, 1.54) is 18.4 Å². The first kappa shape index (κ1) is 16.7. The number of rotatable bonds is 5. The normalized spacial score (nSPS) is 11.3. The Bertz CT molecular complexity index is 515. The minimum atomic E-state index is -0.429. The van der Waals surface area contributed by atoms with Crippen molar-refractivity contribution >= 4 is 28.2 Å². The van der Waals surface area contributed by atoms with E-state index in [-0.39, 0.29) is 11.4 Å². The molecule has 0 unspecified atom stereocenters. The summed E-state index contributed by atoms with van der Waals surface area (Å²) in [6.45, 7) is 7.50. The van der Waals surface area contributed by atoms with E-state index in [1.54, 1.807) is 0 Å². The molecule has 0 spiro atoms. The summed E-state index contributed by atoms with van der Waals surface area (Å²) in [5, 5.41) is 3.33. The Morgan fingerprint density at radius 2 is 1.95 bits per heavy atom. The van der Waals surface area contributed by atoms with Crippen LogP contribution in [0.3, 0.4) is 0 Å². The minimum absolute atomic E-state index is 0.144. The van der Waals surface area contributed by atoms with Crippen LogP contribution in [-0.2, 0) is 9.53 Å². The van der Waals surface area contributed by atoms with E-state index in [9.17, 15) is 9.59 Å².